The Morgan fingerprint density at radius 2 is 1.88 bits per heavy atom. The molecule has 0 aliphatic carbocycles. The minimum atomic E-state index is 0.287. The molecule has 1 aromatic heterocycles. The van der Waals surface area contributed by atoms with Crippen molar-refractivity contribution in [2.24, 2.45) is 0 Å². The third-order valence-corrected chi connectivity index (χ3v) is 3.02. The lowest BCUT2D eigenvalue weighted by Gasteiger charge is -2.13. The first-order valence-corrected chi connectivity index (χ1v) is 6.07. The predicted molar refractivity (Wildman–Crippen MR) is 69.9 cm³/mol. The molecule has 0 saturated carbocycles. The van der Waals surface area contributed by atoms with Crippen LogP contribution in [0.2, 0.25) is 5.28 Å². The van der Waals surface area contributed by atoms with Gasteiger partial charge in [0.1, 0.15) is 5.82 Å². The molecule has 90 valence electrons. The number of hydrogen-bond donors (Lipinski definition) is 0. The SMILES string of the molecule is Cc1ccc(C)c(-n2c(Cl)nnc2C(C)C)c1. The van der Waals surface area contributed by atoms with E-state index < -0.39 is 0 Å². The molecule has 17 heavy (non-hydrogen) atoms. The number of aromatic nitrogens is 3. The quantitative estimate of drug-likeness (QED) is 0.813. The zero-order valence-electron chi connectivity index (χ0n) is 10.5. The molecule has 2 aromatic rings. The number of benzene rings is 1. The van der Waals surface area contributed by atoms with Crippen LogP contribution in [0.1, 0.15) is 36.7 Å². The number of hydrogen-bond acceptors (Lipinski definition) is 2. The molecule has 0 amide bonds. The lowest BCUT2D eigenvalue weighted by molar-refractivity contribution is 0.744. The Kier molecular flexibility index (Phi) is 3.20. The standard InChI is InChI=1S/C13H16ClN3/c1-8(2)12-15-16-13(14)17(12)11-7-9(3)5-6-10(11)4/h5-8H,1-4H3. The topological polar surface area (TPSA) is 30.7 Å². The van der Waals surface area contributed by atoms with E-state index in [9.17, 15) is 0 Å². The van der Waals surface area contributed by atoms with Crippen molar-refractivity contribution in [3.05, 3.63) is 40.4 Å². The first-order chi connectivity index (χ1) is 8.00. The van der Waals surface area contributed by atoms with Crippen LogP contribution in [-0.2, 0) is 0 Å². The van der Waals surface area contributed by atoms with Gasteiger partial charge in [-0.1, -0.05) is 26.0 Å². The maximum absolute atomic E-state index is 6.14. The van der Waals surface area contributed by atoms with Gasteiger partial charge in [-0.3, -0.25) is 4.57 Å². The highest BCUT2D eigenvalue weighted by atomic mass is 35.5. The monoisotopic (exact) mass is 249 g/mol. The molecular weight excluding hydrogens is 234 g/mol. The Morgan fingerprint density at radius 1 is 1.18 bits per heavy atom. The minimum Gasteiger partial charge on any atom is -0.269 e. The van der Waals surface area contributed by atoms with Crippen LogP contribution in [0, 0.1) is 13.8 Å². The summed E-state index contributed by atoms with van der Waals surface area (Å²) in [4.78, 5) is 0. The lowest BCUT2D eigenvalue weighted by Crippen LogP contribution is -2.05. The van der Waals surface area contributed by atoms with Gasteiger partial charge in [0, 0.05) is 5.92 Å². The number of halogens is 1. The zero-order valence-corrected chi connectivity index (χ0v) is 11.3. The Hall–Kier alpha value is -1.35. The van der Waals surface area contributed by atoms with Crippen LogP contribution in [0.4, 0.5) is 0 Å². The first kappa shape index (κ1) is 12.1. The molecule has 0 aliphatic heterocycles. The zero-order chi connectivity index (χ0) is 12.6. The first-order valence-electron chi connectivity index (χ1n) is 5.69. The van der Waals surface area contributed by atoms with Crippen molar-refractivity contribution in [3.63, 3.8) is 0 Å². The fraction of sp³-hybridized carbons (Fsp3) is 0.385. The van der Waals surface area contributed by atoms with E-state index in [1.54, 1.807) is 0 Å². The summed E-state index contributed by atoms with van der Waals surface area (Å²) in [5, 5.41) is 8.53. The van der Waals surface area contributed by atoms with Gasteiger partial charge in [-0.15, -0.1) is 10.2 Å². The second-order valence-electron chi connectivity index (χ2n) is 4.61. The van der Waals surface area contributed by atoms with E-state index in [1.165, 1.54) is 11.1 Å². The summed E-state index contributed by atoms with van der Waals surface area (Å²) in [5.74, 6) is 1.18. The van der Waals surface area contributed by atoms with E-state index in [4.69, 9.17) is 11.6 Å². The minimum absolute atomic E-state index is 0.287. The summed E-state index contributed by atoms with van der Waals surface area (Å²) in [7, 11) is 0. The van der Waals surface area contributed by atoms with E-state index in [2.05, 4.69) is 56.1 Å². The molecule has 4 heteroatoms. The van der Waals surface area contributed by atoms with E-state index in [-0.39, 0.29) is 5.92 Å². The molecule has 3 nitrogen and oxygen atoms in total. The van der Waals surface area contributed by atoms with Crippen molar-refractivity contribution >= 4 is 11.6 Å². The summed E-state index contributed by atoms with van der Waals surface area (Å²) in [6, 6.07) is 6.29. The predicted octanol–water partition coefficient (Wildman–Crippen LogP) is 3.66. The van der Waals surface area contributed by atoms with Gasteiger partial charge in [0.15, 0.2) is 0 Å². The van der Waals surface area contributed by atoms with Gasteiger partial charge < -0.3 is 0 Å². The molecule has 0 radical (unpaired) electrons. The highest BCUT2D eigenvalue weighted by Crippen LogP contribution is 2.25. The molecule has 0 unspecified atom stereocenters. The second kappa shape index (κ2) is 4.49. The molecule has 0 aliphatic rings. The normalized spacial score (nSPS) is 11.2. The third kappa shape index (κ3) is 2.20. The van der Waals surface area contributed by atoms with Crippen LogP contribution in [0.15, 0.2) is 18.2 Å². The summed E-state index contributed by atoms with van der Waals surface area (Å²) < 4.78 is 1.93. The Bertz CT molecular complexity index is 544. The smallest absolute Gasteiger partial charge is 0.229 e. The highest BCUT2D eigenvalue weighted by molar-refractivity contribution is 6.28. The summed E-state index contributed by atoms with van der Waals surface area (Å²) in [6.07, 6.45) is 0. The van der Waals surface area contributed by atoms with Gasteiger partial charge in [0.2, 0.25) is 5.28 Å². The second-order valence-corrected chi connectivity index (χ2v) is 4.95. The molecule has 0 saturated heterocycles. The van der Waals surface area contributed by atoms with Crippen molar-refractivity contribution in [1.29, 1.82) is 0 Å². The lowest BCUT2D eigenvalue weighted by atomic mass is 10.1. The molecule has 0 atom stereocenters. The number of aryl methyl sites for hydroxylation is 2. The van der Waals surface area contributed by atoms with Gasteiger partial charge >= 0.3 is 0 Å². The van der Waals surface area contributed by atoms with Crippen molar-refractivity contribution < 1.29 is 0 Å². The fourth-order valence-corrected chi connectivity index (χ4v) is 2.05. The molecule has 0 N–H and O–H groups in total. The van der Waals surface area contributed by atoms with Crippen LogP contribution in [-0.4, -0.2) is 14.8 Å². The van der Waals surface area contributed by atoms with Crippen LogP contribution < -0.4 is 0 Å². The van der Waals surface area contributed by atoms with E-state index in [1.807, 2.05) is 4.57 Å². The van der Waals surface area contributed by atoms with E-state index in [0.29, 0.717) is 5.28 Å². The van der Waals surface area contributed by atoms with Crippen LogP contribution in [0.5, 0.6) is 0 Å². The largest absolute Gasteiger partial charge is 0.269 e. The summed E-state index contributed by atoms with van der Waals surface area (Å²) >= 11 is 6.14. The van der Waals surface area contributed by atoms with Gasteiger partial charge in [0.25, 0.3) is 0 Å². The van der Waals surface area contributed by atoms with Crippen LogP contribution in [0.3, 0.4) is 0 Å². The number of rotatable bonds is 2. The van der Waals surface area contributed by atoms with Crippen LogP contribution in [0.25, 0.3) is 5.69 Å². The average Bonchev–Trinajstić information content (AvgIpc) is 2.64. The van der Waals surface area contributed by atoms with Gasteiger partial charge in [-0.25, -0.2) is 0 Å². The summed E-state index contributed by atoms with van der Waals surface area (Å²) in [5.41, 5.74) is 3.42. The molecule has 2 rings (SSSR count). The average molecular weight is 250 g/mol. The molecule has 1 aromatic carbocycles. The third-order valence-electron chi connectivity index (χ3n) is 2.77. The molecule has 0 spiro atoms. The molecule has 0 bridgehead atoms. The van der Waals surface area contributed by atoms with Gasteiger partial charge in [-0.2, -0.15) is 0 Å². The fourth-order valence-electron chi connectivity index (χ4n) is 1.83. The Balaban J connectivity index is 2.67. The van der Waals surface area contributed by atoms with E-state index >= 15 is 0 Å². The van der Waals surface area contributed by atoms with Crippen molar-refractivity contribution in [1.82, 2.24) is 14.8 Å². The maximum atomic E-state index is 6.14. The maximum Gasteiger partial charge on any atom is 0.229 e. The van der Waals surface area contributed by atoms with Gasteiger partial charge in [0.05, 0.1) is 5.69 Å². The Morgan fingerprint density at radius 3 is 2.53 bits per heavy atom. The van der Waals surface area contributed by atoms with E-state index in [0.717, 1.165) is 11.5 Å². The van der Waals surface area contributed by atoms with Crippen LogP contribution >= 0.6 is 11.6 Å². The Labute approximate surface area is 106 Å². The highest BCUT2D eigenvalue weighted by Gasteiger charge is 2.16. The molecular formula is C13H16ClN3. The van der Waals surface area contributed by atoms with Gasteiger partial charge in [-0.05, 0) is 42.6 Å². The molecule has 1 heterocycles. The van der Waals surface area contributed by atoms with Crippen molar-refractivity contribution in [3.8, 4) is 5.69 Å². The van der Waals surface area contributed by atoms with Crippen molar-refractivity contribution in [2.45, 2.75) is 33.6 Å². The number of nitrogens with zero attached hydrogens (tertiary/aromatic N) is 3. The summed E-state index contributed by atoms with van der Waals surface area (Å²) in [6.45, 7) is 8.30. The molecule has 0 fully saturated rings. The van der Waals surface area contributed by atoms with Crippen molar-refractivity contribution in [2.75, 3.05) is 0 Å².